The number of nitrogens with one attached hydrogen (secondary N) is 2. The lowest BCUT2D eigenvalue weighted by atomic mass is 9.85. The monoisotopic (exact) mass is 443 g/mol. The molecule has 3 amide bonds. The van der Waals surface area contributed by atoms with Crippen molar-refractivity contribution >= 4 is 41.0 Å². The van der Waals surface area contributed by atoms with Gasteiger partial charge >= 0.3 is 6.09 Å². The number of pyridine rings is 2. The van der Waals surface area contributed by atoms with E-state index in [4.69, 9.17) is 16.3 Å². The van der Waals surface area contributed by atoms with Crippen LogP contribution in [0.5, 0.6) is 0 Å². The highest BCUT2D eigenvalue weighted by Gasteiger charge is 2.34. The average molecular weight is 444 g/mol. The highest BCUT2D eigenvalue weighted by molar-refractivity contribution is 6.30. The Labute approximate surface area is 184 Å². The summed E-state index contributed by atoms with van der Waals surface area (Å²) >= 11 is 5.81. The van der Waals surface area contributed by atoms with Crippen LogP contribution in [0, 0.1) is 5.92 Å². The lowest BCUT2D eigenvalue weighted by Gasteiger charge is -2.32. The van der Waals surface area contributed by atoms with E-state index in [0.29, 0.717) is 42.5 Å². The summed E-state index contributed by atoms with van der Waals surface area (Å²) in [5.41, 5.74) is 0.435. The molecule has 1 aliphatic carbocycles. The van der Waals surface area contributed by atoms with Gasteiger partial charge in [-0.1, -0.05) is 11.6 Å². The highest BCUT2D eigenvalue weighted by atomic mass is 35.5. The number of anilines is 2. The van der Waals surface area contributed by atoms with Crippen molar-refractivity contribution in [3.05, 3.63) is 47.4 Å². The van der Waals surface area contributed by atoms with Crippen LogP contribution in [0.1, 0.15) is 36.2 Å². The molecule has 1 saturated heterocycles. The van der Waals surface area contributed by atoms with Crippen LogP contribution >= 0.6 is 11.6 Å². The molecule has 2 aromatic rings. The summed E-state index contributed by atoms with van der Waals surface area (Å²) in [7, 11) is 0. The Kier molecular flexibility index (Phi) is 6.31. The Morgan fingerprint density at radius 2 is 1.90 bits per heavy atom. The van der Waals surface area contributed by atoms with Gasteiger partial charge in [-0.2, -0.15) is 0 Å². The fourth-order valence-electron chi connectivity index (χ4n) is 3.93. The molecule has 10 heteroatoms. The molecular formula is C21H22ClN5O4. The molecule has 2 N–H and O–H groups in total. The van der Waals surface area contributed by atoms with Crippen molar-refractivity contribution in [2.45, 2.75) is 31.7 Å². The van der Waals surface area contributed by atoms with Gasteiger partial charge in [0.2, 0.25) is 5.91 Å². The van der Waals surface area contributed by atoms with Crippen LogP contribution in [0.4, 0.5) is 16.3 Å². The van der Waals surface area contributed by atoms with Crippen LogP contribution in [-0.2, 0) is 9.53 Å². The fourth-order valence-corrected chi connectivity index (χ4v) is 4.05. The Hall–Kier alpha value is -3.20. The number of aromatic nitrogens is 2. The summed E-state index contributed by atoms with van der Waals surface area (Å²) in [6.45, 7) is 1.04. The van der Waals surface area contributed by atoms with Crippen molar-refractivity contribution in [1.29, 1.82) is 0 Å². The summed E-state index contributed by atoms with van der Waals surface area (Å²) in [4.78, 5) is 47.1. The van der Waals surface area contributed by atoms with E-state index in [9.17, 15) is 14.4 Å². The predicted octanol–water partition coefficient (Wildman–Crippen LogP) is 3.33. The van der Waals surface area contributed by atoms with E-state index >= 15 is 0 Å². The molecule has 0 atom stereocenters. The maximum atomic E-state index is 12.8. The van der Waals surface area contributed by atoms with Gasteiger partial charge in [0.15, 0.2) is 5.69 Å². The topological polar surface area (TPSA) is 114 Å². The number of nitrogens with zero attached hydrogens (tertiary/aromatic N) is 3. The quantitative estimate of drug-likeness (QED) is 0.732. The molecule has 0 unspecified atom stereocenters. The summed E-state index contributed by atoms with van der Waals surface area (Å²) in [5.74, 6) is -0.504. The van der Waals surface area contributed by atoms with Gasteiger partial charge in [0.05, 0.1) is 17.3 Å². The van der Waals surface area contributed by atoms with Crippen LogP contribution in [-0.4, -0.2) is 52.0 Å². The van der Waals surface area contributed by atoms with Crippen LogP contribution in [0.2, 0.25) is 5.02 Å². The summed E-state index contributed by atoms with van der Waals surface area (Å²) < 4.78 is 5.01. The van der Waals surface area contributed by atoms with E-state index < -0.39 is 5.91 Å². The van der Waals surface area contributed by atoms with Crippen molar-refractivity contribution in [1.82, 2.24) is 14.9 Å². The smallest absolute Gasteiger partial charge is 0.410 e. The van der Waals surface area contributed by atoms with E-state index in [-0.39, 0.29) is 29.7 Å². The zero-order valence-corrected chi connectivity index (χ0v) is 17.5. The number of hydrogen-bond donors (Lipinski definition) is 2. The number of halogens is 1. The molecule has 0 bridgehead atoms. The van der Waals surface area contributed by atoms with Crippen molar-refractivity contribution in [2.75, 3.05) is 23.8 Å². The molecule has 9 nitrogen and oxygen atoms in total. The van der Waals surface area contributed by atoms with E-state index in [2.05, 4.69) is 20.6 Å². The lowest BCUT2D eigenvalue weighted by Crippen LogP contribution is -2.40. The molecule has 2 aromatic heterocycles. The third-order valence-corrected chi connectivity index (χ3v) is 5.77. The normalized spacial score (nSPS) is 20.8. The minimum Gasteiger partial charge on any atom is -0.448 e. The van der Waals surface area contributed by atoms with Crippen molar-refractivity contribution in [3.8, 4) is 0 Å². The van der Waals surface area contributed by atoms with Crippen molar-refractivity contribution in [3.63, 3.8) is 0 Å². The molecule has 162 valence electrons. The number of cyclic esters (lactones) is 1. The molecule has 2 aliphatic rings. The van der Waals surface area contributed by atoms with Gasteiger partial charge in [-0.05, 0) is 49.9 Å². The first-order valence-electron chi connectivity index (χ1n) is 10.1. The van der Waals surface area contributed by atoms with Gasteiger partial charge in [0, 0.05) is 24.4 Å². The summed E-state index contributed by atoms with van der Waals surface area (Å²) in [6.07, 6.45) is 5.46. The Morgan fingerprint density at radius 3 is 2.58 bits per heavy atom. The Bertz CT molecular complexity index is 976. The summed E-state index contributed by atoms with van der Waals surface area (Å²) in [6, 6.07) is 6.61. The number of carbonyl (C=O) groups excluding carboxylic acids is 3. The van der Waals surface area contributed by atoms with Crippen molar-refractivity contribution < 1.29 is 19.1 Å². The van der Waals surface area contributed by atoms with E-state index in [0.717, 1.165) is 12.8 Å². The van der Waals surface area contributed by atoms with E-state index in [1.165, 1.54) is 12.4 Å². The van der Waals surface area contributed by atoms with Crippen LogP contribution < -0.4 is 10.6 Å². The fraction of sp³-hybridized carbons (Fsp3) is 0.381. The third-order valence-electron chi connectivity index (χ3n) is 5.55. The zero-order chi connectivity index (χ0) is 21.8. The second-order valence-corrected chi connectivity index (χ2v) is 7.95. The standard InChI is InChI=1S/C21H22ClN5O4/c22-14-5-8-17(24-12-14)26-20(29)18-16(2-1-9-23-18)25-19(28)13-3-6-15(7-4-13)27-10-11-31-21(27)30/h1-2,5,8-9,12-13,15H,3-4,6-7,10-11H2,(H,25,28)(H,24,26,29). The Morgan fingerprint density at radius 1 is 1.10 bits per heavy atom. The zero-order valence-electron chi connectivity index (χ0n) is 16.7. The Balaban J connectivity index is 1.37. The molecule has 31 heavy (non-hydrogen) atoms. The number of ether oxygens (including phenoxy) is 1. The number of hydrogen-bond acceptors (Lipinski definition) is 6. The predicted molar refractivity (Wildman–Crippen MR) is 114 cm³/mol. The molecule has 0 spiro atoms. The maximum absolute atomic E-state index is 12.8. The molecule has 0 radical (unpaired) electrons. The number of rotatable bonds is 5. The van der Waals surface area contributed by atoms with Gasteiger partial charge in [0.1, 0.15) is 12.4 Å². The molecule has 0 aromatic carbocycles. The summed E-state index contributed by atoms with van der Waals surface area (Å²) in [5, 5.41) is 5.95. The number of carbonyl (C=O) groups is 3. The van der Waals surface area contributed by atoms with Gasteiger partial charge in [-0.3, -0.25) is 9.59 Å². The van der Waals surface area contributed by atoms with Crippen LogP contribution in [0.3, 0.4) is 0 Å². The molecule has 1 saturated carbocycles. The lowest BCUT2D eigenvalue weighted by molar-refractivity contribution is -0.121. The first kappa shape index (κ1) is 21.0. The minimum atomic E-state index is -0.484. The largest absolute Gasteiger partial charge is 0.448 e. The van der Waals surface area contributed by atoms with E-state index in [1.807, 2.05) is 0 Å². The second kappa shape index (κ2) is 9.30. The molecule has 3 heterocycles. The van der Waals surface area contributed by atoms with E-state index in [1.54, 1.807) is 29.2 Å². The molecule has 1 aliphatic heterocycles. The minimum absolute atomic E-state index is 0.0982. The third kappa shape index (κ3) is 4.93. The van der Waals surface area contributed by atoms with Gasteiger partial charge in [0.25, 0.3) is 5.91 Å². The molecule has 2 fully saturated rings. The second-order valence-electron chi connectivity index (χ2n) is 7.52. The SMILES string of the molecule is O=C(Nc1ccc(Cl)cn1)c1ncccc1NC(=O)C1CCC(N2CCOC2=O)CC1. The van der Waals surface area contributed by atoms with Crippen LogP contribution in [0.15, 0.2) is 36.7 Å². The highest BCUT2D eigenvalue weighted by Crippen LogP contribution is 2.30. The first-order chi connectivity index (χ1) is 15.0. The van der Waals surface area contributed by atoms with Gasteiger partial charge in [-0.25, -0.2) is 14.8 Å². The molecular weight excluding hydrogens is 422 g/mol. The van der Waals surface area contributed by atoms with Crippen molar-refractivity contribution in [2.24, 2.45) is 5.92 Å². The molecule has 4 rings (SSSR count). The maximum Gasteiger partial charge on any atom is 0.410 e. The van der Waals surface area contributed by atoms with Crippen LogP contribution in [0.25, 0.3) is 0 Å². The van der Waals surface area contributed by atoms with Gasteiger partial charge < -0.3 is 20.3 Å². The number of amides is 3. The average Bonchev–Trinajstić information content (AvgIpc) is 3.21. The van der Waals surface area contributed by atoms with Gasteiger partial charge in [-0.15, -0.1) is 0 Å². The first-order valence-corrected chi connectivity index (χ1v) is 10.5.